The standard InChI is InChI=1S/C18H26Cl2N2O/c1-13(2)17(12-22-9-5-4-6-10-22)21(3)18(23)14-7-8-15(19)16(20)11-14/h7-8,11,13,17H,4-6,9-10,12H2,1-3H3/t17-/m1/s1. The molecule has 0 aliphatic carbocycles. The maximum atomic E-state index is 12.8. The van der Waals surface area contributed by atoms with Gasteiger partial charge in [-0.2, -0.15) is 0 Å². The molecule has 0 saturated carbocycles. The summed E-state index contributed by atoms with van der Waals surface area (Å²) in [6, 6.07) is 5.27. The second-order valence-corrected chi connectivity index (χ2v) is 7.53. The van der Waals surface area contributed by atoms with Crippen LogP contribution in [0.2, 0.25) is 10.0 Å². The van der Waals surface area contributed by atoms with E-state index in [0.29, 0.717) is 21.5 Å². The SMILES string of the molecule is CC(C)[C@@H](CN1CCCCC1)N(C)C(=O)c1ccc(Cl)c(Cl)c1. The van der Waals surface area contributed by atoms with E-state index in [4.69, 9.17) is 23.2 Å². The van der Waals surface area contributed by atoms with Gasteiger partial charge in [0.2, 0.25) is 0 Å². The number of benzene rings is 1. The number of likely N-dealkylation sites (N-methyl/N-ethyl adjacent to an activating group) is 1. The van der Waals surface area contributed by atoms with Crippen LogP contribution in [0.3, 0.4) is 0 Å². The van der Waals surface area contributed by atoms with Crippen molar-refractivity contribution in [2.24, 2.45) is 5.92 Å². The molecule has 0 bridgehead atoms. The largest absolute Gasteiger partial charge is 0.337 e. The van der Waals surface area contributed by atoms with Crippen LogP contribution in [0.25, 0.3) is 0 Å². The van der Waals surface area contributed by atoms with E-state index in [9.17, 15) is 4.79 Å². The monoisotopic (exact) mass is 356 g/mol. The number of carbonyl (C=O) groups is 1. The Morgan fingerprint density at radius 3 is 2.39 bits per heavy atom. The molecule has 1 aliphatic heterocycles. The van der Waals surface area contributed by atoms with Crippen molar-refractivity contribution in [3.8, 4) is 0 Å². The number of piperidine rings is 1. The fourth-order valence-electron chi connectivity index (χ4n) is 3.17. The zero-order valence-electron chi connectivity index (χ0n) is 14.2. The number of rotatable bonds is 5. The van der Waals surface area contributed by atoms with E-state index >= 15 is 0 Å². The summed E-state index contributed by atoms with van der Waals surface area (Å²) < 4.78 is 0. The van der Waals surface area contributed by atoms with E-state index in [0.717, 1.165) is 19.6 Å². The average Bonchev–Trinajstić information content (AvgIpc) is 2.54. The first-order chi connectivity index (χ1) is 10.9. The number of carbonyl (C=O) groups excluding carboxylic acids is 1. The van der Waals surface area contributed by atoms with Crippen LogP contribution < -0.4 is 0 Å². The quantitative estimate of drug-likeness (QED) is 0.770. The molecule has 2 rings (SSSR count). The summed E-state index contributed by atoms with van der Waals surface area (Å²) in [7, 11) is 1.89. The van der Waals surface area contributed by atoms with E-state index in [2.05, 4.69) is 18.7 Å². The number of halogens is 2. The van der Waals surface area contributed by atoms with Gasteiger partial charge in [0.1, 0.15) is 0 Å². The number of likely N-dealkylation sites (tertiary alicyclic amines) is 1. The van der Waals surface area contributed by atoms with Gasteiger partial charge >= 0.3 is 0 Å². The number of amides is 1. The first-order valence-corrected chi connectivity index (χ1v) is 9.10. The van der Waals surface area contributed by atoms with Crippen LogP contribution in [0, 0.1) is 5.92 Å². The Morgan fingerprint density at radius 1 is 1.17 bits per heavy atom. The van der Waals surface area contributed by atoms with Crippen molar-refractivity contribution >= 4 is 29.1 Å². The summed E-state index contributed by atoms with van der Waals surface area (Å²) in [5.74, 6) is 0.396. The van der Waals surface area contributed by atoms with Crippen molar-refractivity contribution in [2.75, 3.05) is 26.7 Å². The van der Waals surface area contributed by atoms with Gasteiger partial charge in [-0.1, -0.05) is 43.5 Å². The molecule has 1 amide bonds. The van der Waals surface area contributed by atoms with Gasteiger partial charge in [0, 0.05) is 25.2 Å². The van der Waals surface area contributed by atoms with Crippen molar-refractivity contribution in [1.82, 2.24) is 9.80 Å². The van der Waals surface area contributed by atoms with Crippen molar-refractivity contribution in [1.29, 1.82) is 0 Å². The Morgan fingerprint density at radius 2 is 1.83 bits per heavy atom. The maximum absolute atomic E-state index is 12.8. The molecule has 5 heteroatoms. The highest BCUT2D eigenvalue weighted by Crippen LogP contribution is 2.24. The number of nitrogens with zero attached hydrogens (tertiary/aromatic N) is 2. The van der Waals surface area contributed by atoms with Gasteiger partial charge in [0.25, 0.3) is 5.91 Å². The third-order valence-corrected chi connectivity index (χ3v) is 5.39. The summed E-state index contributed by atoms with van der Waals surface area (Å²) >= 11 is 12.0. The van der Waals surface area contributed by atoms with Crippen molar-refractivity contribution in [2.45, 2.75) is 39.2 Å². The van der Waals surface area contributed by atoms with Gasteiger partial charge in [0.15, 0.2) is 0 Å². The third kappa shape index (κ3) is 4.85. The van der Waals surface area contributed by atoms with Gasteiger partial charge < -0.3 is 9.80 Å². The Labute approximate surface area is 149 Å². The minimum absolute atomic E-state index is 0.000670. The van der Waals surface area contributed by atoms with Crippen LogP contribution in [0.5, 0.6) is 0 Å². The predicted octanol–water partition coefficient (Wildman–Crippen LogP) is 4.58. The second kappa shape index (κ2) is 8.36. The second-order valence-electron chi connectivity index (χ2n) is 6.72. The fraction of sp³-hybridized carbons (Fsp3) is 0.611. The summed E-state index contributed by atoms with van der Waals surface area (Å²) in [4.78, 5) is 17.1. The van der Waals surface area contributed by atoms with E-state index in [1.807, 2.05) is 11.9 Å². The van der Waals surface area contributed by atoms with Crippen molar-refractivity contribution in [3.63, 3.8) is 0 Å². The van der Waals surface area contributed by atoms with Gasteiger partial charge in [-0.25, -0.2) is 0 Å². The Hall–Kier alpha value is -0.770. The highest BCUT2D eigenvalue weighted by molar-refractivity contribution is 6.42. The molecule has 1 saturated heterocycles. The first kappa shape index (κ1) is 18.6. The van der Waals surface area contributed by atoms with Crippen LogP contribution in [0.15, 0.2) is 18.2 Å². The molecular weight excluding hydrogens is 331 g/mol. The summed E-state index contributed by atoms with van der Waals surface area (Å²) in [5.41, 5.74) is 0.589. The van der Waals surface area contributed by atoms with E-state index in [1.54, 1.807) is 18.2 Å². The van der Waals surface area contributed by atoms with Crippen LogP contribution in [0.4, 0.5) is 0 Å². The minimum atomic E-state index is -0.000670. The molecule has 1 aromatic rings. The molecule has 1 heterocycles. The molecule has 1 fully saturated rings. The van der Waals surface area contributed by atoms with Crippen LogP contribution in [0.1, 0.15) is 43.5 Å². The Bertz CT molecular complexity index is 542. The molecule has 0 unspecified atom stereocenters. The highest BCUT2D eigenvalue weighted by atomic mass is 35.5. The predicted molar refractivity (Wildman–Crippen MR) is 97.5 cm³/mol. The van der Waals surface area contributed by atoms with Gasteiger partial charge in [0.05, 0.1) is 10.0 Å². The van der Waals surface area contributed by atoms with Gasteiger partial charge in [-0.15, -0.1) is 0 Å². The summed E-state index contributed by atoms with van der Waals surface area (Å²) in [6.45, 7) is 7.55. The van der Waals surface area contributed by atoms with Crippen LogP contribution in [-0.2, 0) is 0 Å². The minimum Gasteiger partial charge on any atom is -0.337 e. The molecule has 0 aromatic heterocycles. The van der Waals surface area contributed by atoms with Gasteiger partial charge in [-0.3, -0.25) is 4.79 Å². The molecule has 1 atom stereocenters. The molecule has 0 radical (unpaired) electrons. The Balaban J connectivity index is 2.10. The maximum Gasteiger partial charge on any atom is 0.253 e. The smallest absolute Gasteiger partial charge is 0.253 e. The molecule has 1 aliphatic rings. The zero-order valence-corrected chi connectivity index (χ0v) is 15.7. The lowest BCUT2D eigenvalue weighted by atomic mass is 10.00. The third-order valence-electron chi connectivity index (χ3n) is 4.65. The van der Waals surface area contributed by atoms with Crippen molar-refractivity contribution < 1.29 is 4.79 Å². The van der Waals surface area contributed by atoms with Gasteiger partial charge in [-0.05, 0) is 50.0 Å². The zero-order chi connectivity index (χ0) is 17.0. The fourth-order valence-corrected chi connectivity index (χ4v) is 3.47. The van der Waals surface area contributed by atoms with E-state index in [1.165, 1.54) is 19.3 Å². The van der Waals surface area contributed by atoms with Crippen LogP contribution >= 0.6 is 23.2 Å². The number of hydrogen-bond donors (Lipinski definition) is 0. The highest BCUT2D eigenvalue weighted by Gasteiger charge is 2.27. The summed E-state index contributed by atoms with van der Waals surface area (Å²) in [5, 5.41) is 0.891. The molecule has 128 valence electrons. The molecule has 1 aromatic carbocycles. The molecule has 23 heavy (non-hydrogen) atoms. The topological polar surface area (TPSA) is 23.6 Å². The molecule has 3 nitrogen and oxygen atoms in total. The van der Waals surface area contributed by atoms with Crippen molar-refractivity contribution in [3.05, 3.63) is 33.8 Å². The van der Waals surface area contributed by atoms with Crippen LogP contribution in [-0.4, -0.2) is 48.4 Å². The molecule has 0 N–H and O–H groups in total. The van der Waals surface area contributed by atoms with E-state index in [-0.39, 0.29) is 11.9 Å². The molecular formula is C18H26Cl2N2O. The number of hydrogen-bond acceptors (Lipinski definition) is 2. The molecule has 0 spiro atoms. The Kier molecular flexibility index (Phi) is 6.75. The average molecular weight is 357 g/mol. The first-order valence-electron chi connectivity index (χ1n) is 8.34. The normalized spacial score (nSPS) is 17.3. The lowest BCUT2D eigenvalue weighted by molar-refractivity contribution is 0.0611. The lowest BCUT2D eigenvalue weighted by Crippen LogP contribution is -2.48. The van der Waals surface area contributed by atoms with E-state index < -0.39 is 0 Å². The lowest BCUT2D eigenvalue weighted by Gasteiger charge is -2.37. The summed E-state index contributed by atoms with van der Waals surface area (Å²) in [6.07, 6.45) is 3.84.